The van der Waals surface area contributed by atoms with Gasteiger partial charge in [0.1, 0.15) is 5.82 Å². The topological polar surface area (TPSA) is 87.7 Å². The van der Waals surface area contributed by atoms with Crippen molar-refractivity contribution >= 4 is 5.91 Å². The van der Waals surface area contributed by atoms with Crippen molar-refractivity contribution in [3.05, 3.63) is 46.1 Å². The second-order valence-corrected chi connectivity index (χ2v) is 8.56. The molecule has 2 N–H and O–H groups in total. The zero-order chi connectivity index (χ0) is 19.5. The van der Waals surface area contributed by atoms with Crippen LogP contribution in [0.3, 0.4) is 0 Å². The Kier molecular flexibility index (Phi) is 5.64. The number of carbonyl (C=O) groups excluding carboxylic acids is 1. The molecule has 26 heavy (non-hydrogen) atoms. The number of amides is 1. The van der Waals surface area contributed by atoms with Gasteiger partial charge in [-0.2, -0.15) is 0 Å². The largest absolute Gasteiger partial charge is 0.351 e. The van der Waals surface area contributed by atoms with Crippen LogP contribution in [-0.4, -0.2) is 26.4 Å². The summed E-state index contributed by atoms with van der Waals surface area (Å²) in [5, 5.41) is 3.03. The quantitative estimate of drug-likeness (QED) is 0.862. The van der Waals surface area contributed by atoms with Crippen molar-refractivity contribution in [3.8, 4) is 11.4 Å². The van der Waals surface area contributed by atoms with Gasteiger partial charge in [-0.1, -0.05) is 20.8 Å². The Bertz CT molecular complexity index is 833. The van der Waals surface area contributed by atoms with Gasteiger partial charge in [-0.25, -0.2) is 4.98 Å². The van der Waals surface area contributed by atoms with E-state index < -0.39 is 0 Å². The SMILES string of the molecule is Cc1nc(-c2ccncc2)[nH]c(=O)c1CC(=O)NC(C)(C)CC(C)(C)C. The normalized spacial score (nSPS) is 12.1. The highest BCUT2D eigenvalue weighted by Crippen LogP contribution is 2.26. The second kappa shape index (κ2) is 7.40. The molecule has 0 saturated carbocycles. The second-order valence-electron chi connectivity index (χ2n) is 8.56. The zero-order valence-corrected chi connectivity index (χ0v) is 16.4. The summed E-state index contributed by atoms with van der Waals surface area (Å²) in [5.74, 6) is 0.304. The van der Waals surface area contributed by atoms with E-state index in [1.165, 1.54) is 0 Å². The predicted octanol–water partition coefficient (Wildman–Crippen LogP) is 3.01. The van der Waals surface area contributed by atoms with Gasteiger partial charge in [0.05, 0.1) is 6.42 Å². The van der Waals surface area contributed by atoms with E-state index in [9.17, 15) is 9.59 Å². The third kappa shape index (κ3) is 5.51. The molecular formula is C20H28N4O2. The maximum atomic E-state index is 12.5. The van der Waals surface area contributed by atoms with E-state index in [1.807, 2.05) is 13.8 Å². The van der Waals surface area contributed by atoms with Gasteiger partial charge in [0, 0.05) is 34.8 Å². The number of rotatable bonds is 5. The average molecular weight is 356 g/mol. The number of aryl methyl sites for hydroxylation is 1. The number of carbonyl (C=O) groups is 1. The Labute approximate surface area is 154 Å². The minimum absolute atomic E-state index is 0.0123. The van der Waals surface area contributed by atoms with Gasteiger partial charge in [-0.3, -0.25) is 14.6 Å². The van der Waals surface area contributed by atoms with E-state index in [-0.39, 0.29) is 28.8 Å². The molecule has 1 amide bonds. The third-order valence-electron chi connectivity index (χ3n) is 3.96. The van der Waals surface area contributed by atoms with E-state index in [0.717, 1.165) is 12.0 Å². The number of H-pyrrole nitrogens is 1. The third-order valence-corrected chi connectivity index (χ3v) is 3.96. The lowest BCUT2D eigenvalue weighted by Gasteiger charge is -2.33. The van der Waals surface area contributed by atoms with Crippen LogP contribution in [0.5, 0.6) is 0 Å². The fourth-order valence-corrected chi connectivity index (χ4v) is 3.42. The molecule has 0 aromatic carbocycles. The van der Waals surface area contributed by atoms with Gasteiger partial charge in [0.2, 0.25) is 5.91 Å². The highest BCUT2D eigenvalue weighted by Gasteiger charge is 2.27. The molecule has 0 aliphatic rings. The Morgan fingerprint density at radius 2 is 1.77 bits per heavy atom. The molecule has 0 unspecified atom stereocenters. The molecule has 2 rings (SSSR count). The Hall–Kier alpha value is -2.50. The van der Waals surface area contributed by atoms with Crippen LogP contribution in [-0.2, 0) is 11.2 Å². The van der Waals surface area contributed by atoms with E-state index >= 15 is 0 Å². The number of aromatic nitrogens is 3. The molecule has 0 fully saturated rings. The van der Waals surface area contributed by atoms with E-state index in [4.69, 9.17) is 0 Å². The van der Waals surface area contributed by atoms with Crippen LogP contribution in [0.4, 0.5) is 0 Å². The van der Waals surface area contributed by atoms with Crippen LogP contribution >= 0.6 is 0 Å². The van der Waals surface area contributed by atoms with Gasteiger partial charge >= 0.3 is 0 Å². The molecule has 0 aliphatic carbocycles. The van der Waals surface area contributed by atoms with Gasteiger partial charge in [0.25, 0.3) is 5.56 Å². The first-order valence-corrected chi connectivity index (χ1v) is 8.78. The summed E-state index contributed by atoms with van der Waals surface area (Å²) in [5.41, 5.74) is 1.20. The summed E-state index contributed by atoms with van der Waals surface area (Å²) in [6, 6.07) is 3.55. The molecule has 6 nitrogen and oxygen atoms in total. The van der Waals surface area contributed by atoms with Gasteiger partial charge in [-0.05, 0) is 44.7 Å². The number of hydrogen-bond donors (Lipinski definition) is 2. The minimum atomic E-state index is -0.347. The summed E-state index contributed by atoms with van der Waals surface area (Å²) in [6.45, 7) is 12.2. The molecule has 0 saturated heterocycles. The molecule has 2 heterocycles. The summed E-state index contributed by atoms with van der Waals surface area (Å²) < 4.78 is 0. The molecular weight excluding hydrogens is 328 g/mol. The lowest BCUT2D eigenvalue weighted by Crippen LogP contribution is -2.46. The molecule has 0 aliphatic heterocycles. The molecule has 2 aromatic heterocycles. The minimum Gasteiger partial charge on any atom is -0.351 e. The maximum Gasteiger partial charge on any atom is 0.255 e. The van der Waals surface area contributed by atoms with Crippen molar-refractivity contribution in [2.24, 2.45) is 5.41 Å². The van der Waals surface area contributed by atoms with Crippen molar-refractivity contribution in [2.75, 3.05) is 0 Å². The summed E-state index contributed by atoms with van der Waals surface area (Å²) in [4.78, 5) is 36.1. The number of aromatic amines is 1. The number of nitrogens with one attached hydrogen (secondary N) is 2. The first kappa shape index (κ1) is 19.8. The lowest BCUT2D eigenvalue weighted by molar-refractivity contribution is -0.122. The number of pyridine rings is 1. The molecule has 6 heteroatoms. The first-order valence-electron chi connectivity index (χ1n) is 8.78. The van der Waals surface area contributed by atoms with Crippen molar-refractivity contribution in [3.63, 3.8) is 0 Å². The van der Waals surface area contributed by atoms with Crippen molar-refractivity contribution in [2.45, 2.75) is 59.9 Å². The van der Waals surface area contributed by atoms with Crippen LogP contribution in [0, 0.1) is 12.3 Å². The lowest BCUT2D eigenvalue weighted by atomic mass is 9.81. The summed E-state index contributed by atoms with van der Waals surface area (Å²) >= 11 is 0. The van der Waals surface area contributed by atoms with E-state index in [2.05, 4.69) is 41.0 Å². The Balaban J connectivity index is 2.17. The Morgan fingerprint density at radius 1 is 1.15 bits per heavy atom. The predicted molar refractivity (Wildman–Crippen MR) is 103 cm³/mol. The molecule has 0 bridgehead atoms. The van der Waals surface area contributed by atoms with Crippen molar-refractivity contribution in [1.29, 1.82) is 0 Å². The van der Waals surface area contributed by atoms with Crippen LogP contribution in [0.1, 0.15) is 52.3 Å². The van der Waals surface area contributed by atoms with Crippen molar-refractivity contribution in [1.82, 2.24) is 20.3 Å². The summed E-state index contributed by atoms with van der Waals surface area (Å²) in [7, 11) is 0. The van der Waals surface area contributed by atoms with Crippen LogP contribution in [0.2, 0.25) is 0 Å². The van der Waals surface area contributed by atoms with Crippen LogP contribution in [0.15, 0.2) is 29.3 Å². The zero-order valence-electron chi connectivity index (χ0n) is 16.4. The monoisotopic (exact) mass is 356 g/mol. The maximum absolute atomic E-state index is 12.5. The highest BCUT2D eigenvalue weighted by atomic mass is 16.2. The molecule has 2 aromatic rings. The first-order chi connectivity index (χ1) is 12.0. The van der Waals surface area contributed by atoms with Crippen LogP contribution in [0.25, 0.3) is 11.4 Å². The molecule has 0 radical (unpaired) electrons. The van der Waals surface area contributed by atoms with Gasteiger partial charge in [-0.15, -0.1) is 0 Å². The number of hydrogen-bond acceptors (Lipinski definition) is 4. The van der Waals surface area contributed by atoms with E-state index in [1.54, 1.807) is 31.5 Å². The number of nitrogens with zero attached hydrogens (tertiary/aromatic N) is 2. The smallest absolute Gasteiger partial charge is 0.255 e. The summed E-state index contributed by atoms with van der Waals surface area (Å²) in [6.07, 6.45) is 4.13. The van der Waals surface area contributed by atoms with E-state index in [0.29, 0.717) is 17.1 Å². The fraction of sp³-hybridized carbons (Fsp3) is 0.500. The Morgan fingerprint density at radius 3 is 2.31 bits per heavy atom. The molecule has 0 spiro atoms. The van der Waals surface area contributed by atoms with Gasteiger partial charge < -0.3 is 10.3 Å². The van der Waals surface area contributed by atoms with Crippen LogP contribution < -0.4 is 10.9 Å². The molecule has 140 valence electrons. The fourth-order valence-electron chi connectivity index (χ4n) is 3.42. The van der Waals surface area contributed by atoms with Crippen molar-refractivity contribution < 1.29 is 4.79 Å². The molecule has 0 atom stereocenters. The standard InChI is InChI=1S/C20H28N4O2/c1-13-15(11-16(25)24-20(5,6)12-19(2,3)4)18(26)23-17(22-13)14-7-9-21-10-8-14/h7-10H,11-12H2,1-6H3,(H,24,25)(H,22,23,26). The average Bonchev–Trinajstić information content (AvgIpc) is 2.48. The van der Waals surface area contributed by atoms with Gasteiger partial charge in [0.15, 0.2) is 0 Å². The highest BCUT2D eigenvalue weighted by molar-refractivity contribution is 5.79.